The van der Waals surface area contributed by atoms with Gasteiger partial charge in [0.05, 0.1) is 6.04 Å². The summed E-state index contributed by atoms with van der Waals surface area (Å²) < 4.78 is 0.983. The van der Waals surface area contributed by atoms with E-state index in [4.69, 9.17) is 0 Å². The van der Waals surface area contributed by atoms with Gasteiger partial charge in [0.15, 0.2) is 0 Å². The fourth-order valence-corrected chi connectivity index (χ4v) is 3.43. The van der Waals surface area contributed by atoms with Crippen molar-refractivity contribution in [3.8, 4) is 0 Å². The second kappa shape index (κ2) is 8.36. The van der Waals surface area contributed by atoms with Crippen LogP contribution in [0, 0.1) is 0 Å². The number of rotatable bonds is 5. The second-order valence-corrected chi connectivity index (χ2v) is 7.41. The molecule has 1 aliphatic heterocycles. The Balaban J connectivity index is 1.53. The molecule has 0 saturated carbocycles. The molecule has 1 fully saturated rings. The molecule has 1 heterocycles. The summed E-state index contributed by atoms with van der Waals surface area (Å²) in [6, 6.07) is 15.1. The van der Waals surface area contributed by atoms with Gasteiger partial charge in [-0.2, -0.15) is 0 Å². The third kappa shape index (κ3) is 4.85. The van der Waals surface area contributed by atoms with Crippen LogP contribution in [0.25, 0.3) is 0 Å². The molecule has 1 saturated heterocycles. The number of hydrogen-bond acceptors (Lipinski definition) is 2. The average Bonchev–Trinajstić information content (AvgIpc) is 3.01. The van der Waals surface area contributed by atoms with Crippen molar-refractivity contribution in [2.45, 2.75) is 32.4 Å². The van der Waals surface area contributed by atoms with E-state index in [-0.39, 0.29) is 18.0 Å². The maximum atomic E-state index is 12.2. The molecule has 2 N–H and O–H groups in total. The summed E-state index contributed by atoms with van der Waals surface area (Å²) in [5.74, 6) is 0.216. The molecule has 1 unspecified atom stereocenters. The lowest BCUT2D eigenvalue weighted by Gasteiger charge is -2.17. The van der Waals surface area contributed by atoms with E-state index in [1.807, 2.05) is 60.4 Å². The summed E-state index contributed by atoms with van der Waals surface area (Å²) in [5, 5.41) is 5.77. The Morgan fingerprint density at radius 1 is 1.23 bits per heavy atom. The van der Waals surface area contributed by atoms with E-state index in [0.717, 1.165) is 34.3 Å². The molecule has 0 spiro atoms. The van der Waals surface area contributed by atoms with Gasteiger partial charge in [-0.3, -0.25) is 4.79 Å². The van der Waals surface area contributed by atoms with Crippen LogP contribution in [-0.2, 0) is 11.3 Å². The van der Waals surface area contributed by atoms with E-state index >= 15 is 0 Å². The monoisotopic (exact) mass is 415 g/mol. The molecule has 2 aromatic carbocycles. The molecule has 0 radical (unpaired) electrons. The molecule has 0 aliphatic carbocycles. The average molecular weight is 416 g/mol. The highest BCUT2D eigenvalue weighted by Crippen LogP contribution is 2.19. The molecule has 136 valence electrons. The van der Waals surface area contributed by atoms with E-state index < -0.39 is 0 Å². The minimum atomic E-state index is -0.250. The smallest absolute Gasteiger partial charge is 0.319 e. The summed E-state index contributed by atoms with van der Waals surface area (Å²) in [6.07, 6.45) is 1.59. The maximum absolute atomic E-state index is 12.2. The first-order chi connectivity index (χ1) is 12.5. The molecule has 1 atom stereocenters. The van der Waals surface area contributed by atoms with Crippen molar-refractivity contribution in [2.75, 3.05) is 11.9 Å². The minimum absolute atomic E-state index is 0.104. The fraction of sp³-hybridized carbons (Fsp3) is 0.300. The van der Waals surface area contributed by atoms with Crippen LogP contribution < -0.4 is 10.6 Å². The molecule has 2 aromatic rings. The Labute approximate surface area is 161 Å². The van der Waals surface area contributed by atoms with Crippen LogP contribution in [0.4, 0.5) is 10.5 Å². The number of nitrogens with one attached hydrogen (secondary N) is 2. The molecule has 0 bridgehead atoms. The maximum Gasteiger partial charge on any atom is 0.319 e. The Morgan fingerprint density at radius 3 is 2.65 bits per heavy atom. The number of benzene rings is 2. The highest BCUT2D eigenvalue weighted by molar-refractivity contribution is 9.10. The van der Waals surface area contributed by atoms with Crippen molar-refractivity contribution >= 4 is 33.6 Å². The van der Waals surface area contributed by atoms with Crippen LogP contribution in [-0.4, -0.2) is 23.4 Å². The summed E-state index contributed by atoms with van der Waals surface area (Å²) in [6.45, 7) is 3.40. The quantitative estimate of drug-likeness (QED) is 0.757. The van der Waals surface area contributed by atoms with Crippen LogP contribution in [0.2, 0.25) is 0 Å². The number of likely N-dealkylation sites (tertiary alicyclic amines) is 1. The summed E-state index contributed by atoms with van der Waals surface area (Å²) in [4.78, 5) is 25.8. The predicted molar refractivity (Wildman–Crippen MR) is 106 cm³/mol. The number of hydrogen-bond donors (Lipinski definition) is 2. The lowest BCUT2D eigenvalue weighted by molar-refractivity contribution is -0.128. The molecular weight excluding hydrogens is 394 g/mol. The normalized spacial score (nSPS) is 15.0. The van der Waals surface area contributed by atoms with Crippen molar-refractivity contribution in [1.82, 2.24) is 10.2 Å². The molecule has 26 heavy (non-hydrogen) atoms. The van der Waals surface area contributed by atoms with E-state index in [1.165, 1.54) is 0 Å². The Bertz CT molecular complexity index is 792. The number of halogens is 1. The van der Waals surface area contributed by atoms with E-state index in [9.17, 15) is 9.59 Å². The van der Waals surface area contributed by atoms with Gasteiger partial charge >= 0.3 is 6.03 Å². The SMILES string of the molecule is CC(NC(=O)Nc1ccc(CN2CCCC2=O)cc1)c1cccc(Br)c1. The fourth-order valence-electron chi connectivity index (χ4n) is 3.01. The Kier molecular flexibility index (Phi) is 5.93. The summed E-state index contributed by atoms with van der Waals surface area (Å²) in [7, 11) is 0. The lowest BCUT2D eigenvalue weighted by atomic mass is 10.1. The second-order valence-electron chi connectivity index (χ2n) is 6.49. The molecule has 6 heteroatoms. The third-order valence-corrected chi connectivity index (χ3v) is 4.95. The molecule has 5 nitrogen and oxygen atoms in total. The summed E-state index contributed by atoms with van der Waals surface area (Å²) >= 11 is 3.44. The highest BCUT2D eigenvalue weighted by atomic mass is 79.9. The lowest BCUT2D eigenvalue weighted by Crippen LogP contribution is -2.31. The van der Waals surface area contributed by atoms with Gasteiger partial charge in [-0.05, 0) is 48.7 Å². The number of nitrogens with zero attached hydrogens (tertiary/aromatic N) is 1. The topological polar surface area (TPSA) is 61.4 Å². The van der Waals surface area contributed by atoms with Crippen molar-refractivity contribution in [1.29, 1.82) is 0 Å². The zero-order valence-corrected chi connectivity index (χ0v) is 16.3. The van der Waals surface area contributed by atoms with E-state index in [0.29, 0.717) is 13.0 Å². The van der Waals surface area contributed by atoms with Crippen molar-refractivity contribution < 1.29 is 9.59 Å². The number of amides is 3. The minimum Gasteiger partial charge on any atom is -0.338 e. The van der Waals surface area contributed by atoms with Crippen molar-refractivity contribution in [2.24, 2.45) is 0 Å². The molecule has 3 amide bonds. The first-order valence-corrected chi connectivity index (χ1v) is 9.50. The van der Waals surface area contributed by atoms with E-state index in [2.05, 4.69) is 26.6 Å². The highest BCUT2D eigenvalue weighted by Gasteiger charge is 2.19. The molecular formula is C20H22BrN3O2. The largest absolute Gasteiger partial charge is 0.338 e. The first-order valence-electron chi connectivity index (χ1n) is 8.71. The standard InChI is InChI=1S/C20H22BrN3O2/c1-14(16-4-2-5-17(21)12-16)22-20(26)23-18-9-7-15(8-10-18)13-24-11-3-6-19(24)25/h2,4-5,7-10,12,14H,3,6,11,13H2,1H3,(H2,22,23,26). The van der Waals surface area contributed by atoms with Crippen LogP contribution in [0.3, 0.4) is 0 Å². The van der Waals surface area contributed by atoms with Crippen LogP contribution >= 0.6 is 15.9 Å². The first kappa shape index (κ1) is 18.5. The van der Waals surface area contributed by atoms with Gasteiger partial charge in [0, 0.05) is 29.7 Å². The summed E-state index contributed by atoms with van der Waals surface area (Å²) in [5.41, 5.74) is 2.81. The van der Waals surface area contributed by atoms with Crippen LogP contribution in [0.5, 0.6) is 0 Å². The molecule has 0 aromatic heterocycles. The van der Waals surface area contributed by atoms with Gasteiger partial charge in [-0.1, -0.05) is 40.2 Å². The molecule has 1 aliphatic rings. The van der Waals surface area contributed by atoms with Gasteiger partial charge in [0.2, 0.25) is 5.91 Å². The van der Waals surface area contributed by atoms with Crippen LogP contribution in [0.15, 0.2) is 53.0 Å². The van der Waals surface area contributed by atoms with E-state index in [1.54, 1.807) is 0 Å². The number of anilines is 1. The number of carbonyl (C=O) groups is 2. The zero-order valence-electron chi connectivity index (χ0n) is 14.7. The zero-order chi connectivity index (χ0) is 18.5. The van der Waals surface area contributed by atoms with Crippen molar-refractivity contribution in [3.05, 3.63) is 64.1 Å². The third-order valence-electron chi connectivity index (χ3n) is 4.45. The Hall–Kier alpha value is -2.34. The van der Waals surface area contributed by atoms with Crippen LogP contribution in [0.1, 0.15) is 36.9 Å². The van der Waals surface area contributed by atoms with Gasteiger partial charge in [-0.15, -0.1) is 0 Å². The van der Waals surface area contributed by atoms with Gasteiger partial charge < -0.3 is 15.5 Å². The van der Waals surface area contributed by atoms with Crippen molar-refractivity contribution in [3.63, 3.8) is 0 Å². The van der Waals surface area contributed by atoms with Gasteiger partial charge in [0.1, 0.15) is 0 Å². The van der Waals surface area contributed by atoms with Gasteiger partial charge in [-0.25, -0.2) is 4.79 Å². The Morgan fingerprint density at radius 2 is 2.00 bits per heavy atom. The molecule has 3 rings (SSSR count). The number of carbonyl (C=O) groups excluding carboxylic acids is 2. The van der Waals surface area contributed by atoms with Gasteiger partial charge in [0.25, 0.3) is 0 Å². The number of urea groups is 1. The predicted octanol–water partition coefficient (Wildman–Crippen LogP) is 4.45.